The van der Waals surface area contributed by atoms with Gasteiger partial charge in [-0.15, -0.1) is 0 Å². The smallest absolute Gasteiger partial charge is 0.0638 e. The molecule has 0 aliphatic rings. The van der Waals surface area contributed by atoms with Crippen LogP contribution < -0.4 is 5.32 Å². The summed E-state index contributed by atoms with van der Waals surface area (Å²) < 4.78 is 6.09. The zero-order chi connectivity index (χ0) is 11.3. The fraction of sp³-hybridized carbons (Fsp3) is 0.455. The van der Waals surface area contributed by atoms with E-state index in [1.165, 1.54) is 0 Å². The van der Waals surface area contributed by atoms with E-state index in [0.29, 0.717) is 5.92 Å². The Balaban J connectivity index is 2.53. The molecule has 84 valence electrons. The van der Waals surface area contributed by atoms with Crippen LogP contribution in [0.15, 0.2) is 22.7 Å². The molecule has 1 aromatic carbocycles. The summed E-state index contributed by atoms with van der Waals surface area (Å²) in [5.74, 6) is 0.463. The molecular formula is C11H15BrClNO. The highest BCUT2D eigenvalue weighted by atomic mass is 79.9. The van der Waals surface area contributed by atoms with Crippen molar-refractivity contribution in [2.45, 2.75) is 6.92 Å². The van der Waals surface area contributed by atoms with Crippen LogP contribution in [0.25, 0.3) is 0 Å². The van der Waals surface area contributed by atoms with Gasteiger partial charge in [0.2, 0.25) is 0 Å². The molecule has 0 aliphatic carbocycles. The van der Waals surface area contributed by atoms with Crippen LogP contribution >= 0.6 is 27.5 Å². The van der Waals surface area contributed by atoms with Gasteiger partial charge in [0.15, 0.2) is 0 Å². The highest BCUT2D eigenvalue weighted by Crippen LogP contribution is 2.25. The van der Waals surface area contributed by atoms with Gasteiger partial charge in [0.25, 0.3) is 0 Å². The lowest BCUT2D eigenvalue weighted by Crippen LogP contribution is -2.15. The summed E-state index contributed by atoms with van der Waals surface area (Å²) in [6.07, 6.45) is 0. The fourth-order valence-corrected chi connectivity index (χ4v) is 1.81. The van der Waals surface area contributed by atoms with E-state index in [-0.39, 0.29) is 0 Å². The third-order valence-electron chi connectivity index (χ3n) is 2.02. The first-order valence-corrected chi connectivity index (χ1v) is 5.98. The van der Waals surface area contributed by atoms with E-state index in [1.54, 1.807) is 7.11 Å². The van der Waals surface area contributed by atoms with Crippen molar-refractivity contribution >= 4 is 33.2 Å². The molecule has 1 rings (SSSR count). The van der Waals surface area contributed by atoms with E-state index in [9.17, 15) is 0 Å². The Morgan fingerprint density at radius 3 is 2.93 bits per heavy atom. The van der Waals surface area contributed by atoms with Crippen LogP contribution in [0.4, 0.5) is 5.69 Å². The van der Waals surface area contributed by atoms with Crippen molar-refractivity contribution < 1.29 is 4.74 Å². The number of benzene rings is 1. The van der Waals surface area contributed by atoms with Crippen molar-refractivity contribution in [3.63, 3.8) is 0 Å². The van der Waals surface area contributed by atoms with Crippen LogP contribution in [0, 0.1) is 5.92 Å². The fourth-order valence-electron chi connectivity index (χ4n) is 1.26. The molecule has 2 nitrogen and oxygen atoms in total. The minimum absolute atomic E-state index is 0.463. The summed E-state index contributed by atoms with van der Waals surface area (Å²) in [4.78, 5) is 0. The lowest BCUT2D eigenvalue weighted by atomic mass is 10.2. The maximum atomic E-state index is 6.04. The summed E-state index contributed by atoms with van der Waals surface area (Å²) in [7, 11) is 1.71. The van der Waals surface area contributed by atoms with E-state index in [1.807, 2.05) is 18.2 Å². The summed E-state index contributed by atoms with van der Waals surface area (Å²) in [6, 6.07) is 5.77. The number of anilines is 1. The van der Waals surface area contributed by atoms with Gasteiger partial charge >= 0.3 is 0 Å². The first kappa shape index (κ1) is 12.8. The van der Waals surface area contributed by atoms with E-state index in [0.717, 1.165) is 28.3 Å². The van der Waals surface area contributed by atoms with Crippen LogP contribution in [-0.2, 0) is 4.74 Å². The van der Waals surface area contributed by atoms with Crippen molar-refractivity contribution in [2.75, 3.05) is 25.6 Å². The molecule has 0 fully saturated rings. The molecule has 0 heterocycles. The average Bonchev–Trinajstić information content (AvgIpc) is 2.20. The van der Waals surface area contributed by atoms with Crippen molar-refractivity contribution in [2.24, 2.45) is 5.92 Å². The molecule has 0 spiro atoms. The predicted molar refractivity (Wildman–Crippen MR) is 68.7 cm³/mol. The molecule has 1 unspecified atom stereocenters. The topological polar surface area (TPSA) is 21.3 Å². The minimum Gasteiger partial charge on any atom is -0.384 e. The van der Waals surface area contributed by atoms with E-state index < -0.39 is 0 Å². The standard InChI is InChI=1S/C11H15BrClNO/c1-8(7-15-2)6-14-11-5-9(12)3-4-10(11)13/h3-5,8,14H,6-7H2,1-2H3. The first-order valence-electron chi connectivity index (χ1n) is 4.81. The zero-order valence-corrected chi connectivity index (χ0v) is 11.2. The van der Waals surface area contributed by atoms with Crippen molar-refractivity contribution in [3.05, 3.63) is 27.7 Å². The van der Waals surface area contributed by atoms with Gasteiger partial charge in [0.05, 0.1) is 17.3 Å². The van der Waals surface area contributed by atoms with Crippen LogP contribution in [0.2, 0.25) is 5.02 Å². The number of hydrogen-bond donors (Lipinski definition) is 1. The zero-order valence-electron chi connectivity index (χ0n) is 8.89. The Hall–Kier alpha value is -0.250. The Morgan fingerprint density at radius 1 is 1.53 bits per heavy atom. The number of nitrogens with one attached hydrogen (secondary N) is 1. The number of halogens is 2. The van der Waals surface area contributed by atoms with Crippen LogP contribution in [-0.4, -0.2) is 20.3 Å². The molecule has 0 saturated heterocycles. The number of rotatable bonds is 5. The highest BCUT2D eigenvalue weighted by Gasteiger charge is 2.04. The third kappa shape index (κ3) is 4.41. The predicted octanol–water partition coefficient (Wildman–Crippen LogP) is 3.80. The van der Waals surface area contributed by atoms with Crippen LogP contribution in [0.3, 0.4) is 0 Å². The lowest BCUT2D eigenvalue weighted by Gasteiger charge is -2.13. The van der Waals surface area contributed by atoms with Crippen LogP contribution in [0.5, 0.6) is 0 Å². The Bertz CT molecular complexity index is 319. The van der Waals surface area contributed by atoms with E-state index in [2.05, 4.69) is 28.2 Å². The number of methoxy groups -OCH3 is 1. The second-order valence-corrected chi connectivity index (χ2v) is 4.89. The van der Waals surface area contributed by atoms with E-state index >= 15 is 0 Å². The molecular weight excluding hydrogens is 277 g/mol. The van der Waals surface area contributed by atoms with Gasteiger partial charge in [-0.2, -0.15) is 0 Å². The summed E-state index contributed by atoms with van der Waals surface area (Å²) >= 11 is 9.45. The molecule has 1 atom stereocenters. The molecule has 0 radical (unpaired) electrons. The van der Waals surface area contributed by atoms with Gasteiger partial charge in [0, 0.05) is 18.1 Å². The largest absolute Gasteiger partial charge is 0.384 e. The molecule has 0 amide bonds. The molecule has 1 aromatic rings. The Morgan fingerprint density at radius 2 is 2.27 bits per heavy atom. The summed E-state index contributed by atoms with van der Waals surface area (Å²) in [6.45, 7) is 3.73. The molecule has 4 heteroatoms. The number of hydrogen-bond acceptors (Lipinski definition) is 2. The van der Waals surface area contributed by atoms with Crippen molar-refractivity contribution in [3.8, 4) is 0 Å². The van der Waals surface area contributed by atoms with Gasteiger partial charge in [-0.05, 0) is 24.1 Å². The molecule has 0 bridgehead atoms. The Labute approximate surface area is 104 Å². The second-order valence-electron chi connectivity index (χ2n) is 3.57. The normalized spacial score (nSPS) is 12.5. The van der Waals surface area contributed by atoms with Gasteiger partial charge < -0.3 is 10.1 Å². The van der Waals surface area contributed by atoms with Gasteiger partial charge in [-0.3, -0.25) is 0 Å². The monoisotopic (exact) mass is 291 g/mol. The maximum Gasteiger partial charge on any atom is 0.0638 e. The first-order chi connectivity index (χ1) is 7.13. The van der Waals surface area contributed by atoms with Crippen LogP contribution in [0.1, 0.15) is 6.92 Å². The third-order valence-corrected chi connectivity index (χ3v) is 2.84. The summed E-state index contributed by atoms with van der Waals surface area (Å²) in [5.41, 5.74) is 0.953. The quantitative estimate of drug-likeness (QED) is 0.891. The van der Waals surface area contributed by atoms with E-state index in [4.69, 9.17) is 16.3 Å². The molecule has 0 saturated carbocycles. The minimum atomic E-state index is 0.463. The number of ether oxygens (including phenoxy) is 1. The lowest BCUT2D eigenvalue weighted by molar-refractivity contribution is 0.164. The van der Waals surface area contributed by atoms with Gasteiger partial charge in [0.1, 0.15) is 0 Å². The maximum absolute atomic E-state index is 6.04. The molecule has 15 heavy (non-hydrogen) atoms. The molecule has 0 aromatic heterocycles. The molecule has 0 aliphatic heterocycles. The molecule has 1 N–H and O–H groups in total. The SMILES string of the molecule is COCC(C)CNc1cc(Br)ccc1Cl. The Kier molecular flexibility index (Phi) is 5.43. The highest BCUT2D eigenvalue weighted by molar-refractivity contribution is 9.10. The van der Waals surface area contributed by atoms with Gasteiger partial charge in [-0.25, -0.2) is 0 Å². The second kappa shape index (κ2) is 6.36. The van der Waals surface area contributed by atoms with Crippen molar-refractivity contribution in [1.29, 1.82) is 0 Å². The average molecular weight is 293 g/mol. The van der Waals surface area contributed by atoms with Crippen molar-refractivity contribution in [1.82, 2.24) is 0 Å². The van der Waals surface area contributed by atoms with Gasteiger partial charge in [-0.1, -0.05) is 34.5 Å². The summed E-state index contributed by atoms with van der Waals surface area (Å²) in [5, 5.41) is 4.04.